The van der Waals surface area contributed by atoms with Crippen LogP contribution in [0, 0.1) is 12.7 Å². The van der Waals surface area contributed by atoms with Gasteiger partial charge in [0.1, 0.15) is 17.2 Å². The molecule has 0 unspecified atom stereocenters. The SMILES string of the molecule is Cc1nc(C(=O)N2CSC[C@H]2CNC(=O)c2cc3ccccc3n2C)c(-c2ccc(F)cc2)s1. The zero-order valence-corrected chi connectivity index (χ0v) is 20.4. The van der Waals surface area contributed by atoms with Crippen LogP contribution in [0.1, 0.15) is 26.0 Å². The van der Waals surface area contributed by atoms with Crippen LogP contribution in [0.2, 0.25) is 0 Å². The maximum absolute atomic E-state index is 13.5. The van der Waals surface area contributed by atoms with Crippen molar-refractivity contribution in [3.05, 3.63) is 76.8 Å². The van der Waals surface area contributed by atoms with Crippen molar-refractivity contribution in [2.24, 2.45) is 7.05 Å². The summed E-state index contributed by atoms with van der Waals surface area (Å²) in [6.45, 7) is 2.21. The van der Waals surface area contributed by atoms with Gasteiger partial charge in [0.05, 0.1) is 21.8 Å². The molecular formula is C25H23FN4O2S2. The quantitative estimate of drug-likeness (QED) is 0.437. The second-order valence-corrected chi connectivity index (χ2v) is 10.4. The molecule has 4 aromatic rings. The Morgan fingerprint density at radius 2 is 1.94 bits per heavy atom. The Morgan fingerprint density at radius 3 is 2.71 bits per heavy atom. The van der Waals surface area contributed by atoms with Gasteiger partial charge in [-0.2, -0.15) is 0 Å². The molecule has 1 saturated heterocycles. The fourth-order valence-corrected chi connectivity index (χ4v) is 6.30. The Labute approximate surface area is 204 Å². The van der Waals surface area contributed by atoms with E-state index in [9.17, 15) is 14.0 Å². The van der Waals surface area contributed by atoms with E-state index in [1.807, 2.05) is 48.9 Å². The number of carbonyl (C=O) groups is 2. The molecule has 0 aliphatic carbocycles. The summed E-state index contributed by atoms with van der Waals surface area (Å²) in [5.74, 6) is 0.607. The summed E-state index contributed by atoms with van der Waals surface area (Å²) in [6.07, 6.45) is 0. The number of aryl methyl sites for hydroxylation is 2. The minimum absolute atomic E-state index is 0.140. The number of hydrogen-bond acceptors (Lipinski definition) is 5. The minimum Gasteiger partial charge on any atom is -0.349 e. The van der Waals surface area contributed by atoms with Crippen LogP contribution < -0.4 is 5.32 Å². The highest BCUT2D eigenvalue weighted by Crippen LogP contribution is 2.33. The molecule has 9 heteroatoms. The maximum Gasteiger partial charge on any atom is 0.275 e. The summed E-state index contributed by atoms with van der Waals surface area (Å²) in [6, 6.07) is 15.7. The summed E-state index contributed by atoms with van der Waals surface area (Å²) in [4.78, 5) is 33.4. The van der Waals surface area contributed by atoms with Crippen LogP contribution in [0.5, 0.6) is 0 Å². The van der Waals surface area contributed by atoms with E-state index in [0.29, 0.717) is 23.8 Å². The Balaban J connectivity index is 1.32. The van der Waals surface area contributed by atoms with Gasteiger partial charge < -0.3 is 14.8 Å². The number of para-hydroxylation sites is 1. The monoisotopic (exact) mass is 494 g/mol. The number of amides is 2. The first-order valence-electron chi connectivity index (χ1n) is 10.9. The predicted molar refractivity (Wildman–Crippen MR) is 135 cm³/mol. The molecule has 34 heavy (non-hydrogen) atoms. The number of nitrogens with zero attached hydrogens (tertiary/aromatic N) is 3. The van der Waals surface area contributed by atoms with Gasteiger partial charge in [0, 0.05) is 30.2 Å². The number of halogens is 1. The molecule has 0 bridgehead atoms. The van der Waals surface area contributed by atoms with Gasteiger partial charge >= 0.3 is 0 Å². The third-order valence-electron chi connectivity index (χ3n) is 5.97. The molecule has 2 aromatic heterocycles. The number of thioether (sulfide) groups is 1. The van der Waals surface area contributed by atoms with E-state index in [1.165, 1.54) is 23.5 Å². The summed E-state index contributed by atoms with van der Waals surface area (Å²) in [7, 11) is 1.88. The lowest BCUT2D eigenvalue weighted by molar-refractivity contribution is 0.0731. The number of carbonyl (C=O) groups excluding carboxylic acids is 2. The third kappa shape index (κ3) is 4.21. The van der Waals surface area contributed by atoms with Crippen molar-refractivity contribution in [3.8, 4) is 10.4 Å². The number of rotatable bonds is 5. The molecule has 174 valence electrons. The topological polar surface area (TPSA) is 67.2 Å². The number of thiazole rings is 1. The summed E-state index contributed by atoms with van der Waals surface area (Å²) < 4.78 is 15.3. The molecule has 3 heterocycles. The van der Waals surface area contributed by atoms with Gasteiger partial charge in [-0.3, -0.25) is 9.59 Å². The standard InChI is InChI=1S/C25H23FN4O2S2/c1-15-28-22(23(34-15)16-7-9-18(26)10-8-16)25(32)30-14-33-13-19(30)12-27-24(31)21-11-17-5-3-4-6-20(17)29(21)2/h3-11,19H,12-14H2,1-2H3,(H,27,31)/t19-/m1/s1. The smallest absolute Gasteiger partial charge is 0.275 e. The normalized spacial score (nSPS) is 15.7. The molecule has 6 nitrogen and oxygen atoms in total. The number of benzene rings is 2. The molecule has 2 aromatic carbocycles. The van der Waals surface area contributed by atoms with E-state index in [-0.39, 0.29) is 23.7 Å². The van der Waals surface area contributed by atoms with Crippen molar-refractivity contribution in [3.63, 3.8) is 0 Å². The molecule has 1 N–H and O–H groups in total. The lowest BCUT2D eigenvalue weighted by atomic mass is 10.1. The van der Waals surface area contributed by atoms with E-state index in [1.54, 1.807) is 28.8 Å². The lowest BCUT2D eigenvalue weighted by Gasteiger charge is -2.24. The third-order valence-corrected chi connectivity index (χ3v) is 8.07. The van der Waals surface area contributed by atoms with Crippen LogP contribution in [-0.4, -0.2) is 50.5 Å². The van der Waals surface area contributed by atoms with E-state index in [0.717, 1.165) is 32.1 Å². The first-order valence-corrected chi connectivity index (χ1v) is 12.8. The van der Waals surface area contributed by atoms with Gasteiger partial charge in [-0.1, -0.05) is 30.3 Å². The first-order chi connectivity index (χ1) is 16.4. The highest BCUT2D eigenvalue weighted by atomic mass is 32.2. The highest BCUT2D eigenvalue weighted by Gasteiger charge is 2.33. The van der Waals surface area contributed by atoms with Gasteiger partial charge in [0.25, 0.3) is 11.8 Å². The van der Waals surface area contributed by atoms with Crippen LogP contribution in [0.15, 0.2) is 54.6 Å². The van der Waals surface area contributed by atoms with Crippen molar-refractivity contribution in [1.82, 2.24) is 19.8 Å². The van der Waals surface area contributed by atoms with Crippen LogP contribution in [0.25, 0.3) is 21.3 Å². The molecule has 1 aliphatic rings. The molecule has 1 aliphatic heterocycles. The van der Waals surface area contributed by atoms with Crippen molar-refractivity contribution in [1.29, 1.82) is 0 Å². The van der Waals surface area contributed by atoms with Gasteiger partial charge in [-0.25, -0.2) is 9.37 Å². The fraction of sp³-hybridized carbons (Fsp3) is 0.240. The molecule has 1 atom stereocenters. The number of nitrogens with one attached hydrogen (secondary N) is 1. The molecule has 0 radical (unpaired) electrons. The van der Waals surface area contributed by atoms with Crippen molar-refractivity contribution >= 4 is 45.8 Å². The zero-order valence-electron chi connectivity index (χ0n) is 18.7. The molecule has 0 spiro atoms. The van der Waals surface area contributed by atoms with E-state index >= 15 is 0 Å². The van der Waals surface area contributed by atoms with Gasteiger partial charge in [0.2, 0.25) is 0 Å². The van der Waals surface area contributed by atoms with Gasteiger partial charge in [-0.05, 0) is 36.8 Å². The van der Waals surface area contributed by atoms with Crippen LogP contribution in [-0.2, 0) is 7.05 Å². The zero-order chi connectivity index (χ0) is 23.8. The second kappa shape index (κ2) is 9.23. The van der Waals surface area contributed by atoms with E-state index < -0.39 is 0 Å². The number of hydrogen-bond donors (Lipinski definition) is 1. The second-order valence-electron chi connectivity index (χ2n) is 8.20. The summed E-state index contributed by atoms with van der Waals surface area (Å²) in [5, 5.41) is 4.79. The molecule has 0 saturated carbocycles. The van der Waals surface area contributed by atoms with Gasteiger partial charge in [-0.15, -0.1) is 23.1 Å². The minimum atomic E-state index is -0.323. The van der Waals surface area contributed by atoms with E-state index in [2.05, 4.69) is 10.3 Å². The Morgan fingerprint density at radius 1 is 1.18 bits per heavy atom. The molecule has 1 fully saturated rings. The largest absolute Gasteiger partial charge is 0.349 e. The number of fused-ring (bicyclic) bond motifs is 1. The van der Waals surface area contributed by atoms with Crippen molar-refractivity contribution in [2.75, 3.05) is 18.2 Å². The Hall–Kier alpha value is -3.17. The van der Waals surface area contributed by atoms with E-state index in [4.69, 9.17) is 0 Å². The lowest BCUT2D eigenvalue weighted by Crippen LogP contribution is -2.44. The van der Waals surface area contributed by atoms with Gasteiger partial charge in [0.15, 0.2) is 0 Å². The summed E-state index contributed by atoms with van der Waals surface area (Å²) in [5.41, 5.74) is 2.72. The first kappa shape index (κ1) is 22.6. The molecule has 2 amide bonds. The molecule has 5 rings (SSSR count). The Kier molecular flexibility index (Phi) is 6.14. The predicted octanol–water partition coefficient (Wildman–Crippen LogP) is 4.69. The van der Waals surface area contributed by atoms with Crippen molar-refractivity contribution in [2.45, 2.75) is 13.0 Å². The molecular weight excluding hydrogens is 471 g/mol. The summed E-state index contributed by atoms with van der Waals surface area (Å²) >= 11 is 3.07. The average Bonchev–Trinajstić information content (AvgIpc) is 3.55. The number of aromatic nitrogens is 2. The van der Waals surface area contributed by atoms with Crippen LogP contribution in [0.4, 0.5) is 4.39 Å². The van der Waals surface area contributed by atoms with Crippen molar-refractivity contribution < 1.29 is 14.0 Å². The highest BCUT2D eigenvalue weighted by molar-refractivity contribution is 7.99. The maximum atomic E-state index is 13.5. The fourth-order valence-electron chi connectivity index (χ4n) is 4.19. The van der Waals surface area contributed by atoms with Crippen LogP contribution in [0.3, 0.4) is 0 Å². The Bertz CT molecular complexity index is 1380. The average molecular weight is 495 g/mol. The van der Waals surface area contributed by atoms with Crippen LogP contribution >= 0.6 is 23.1 Å².